The Kier molecular flexibility index (Phi) is 5.13. The molecule has 0 amide bonds. The topological polar surface area (TPSA) is 66.0 Å². The van der Waals surface area contributed by atoms with E-state index in [-0.39, 0.29) is 0 Å². The Bertz CT molecular complexity index is 871. The van der Waals surface area contributed by atoms with Crippen molar-refractivity contribution in [3.8, 4) is 11.1 Å². The second-order valence-corrected chi connectivity index (χ2v) is 13.3. The SMILES string of the molecule is C[Si](C)(C)CCOCn1cc(-c2ccc(N)cc2)c2c(Cl)ncnc21. The summed E-state index contributed by atoms with van der Waals surface area (Å²) >= 11 is 6.35. The van der Waals surface area contributed by atoms with E-state index in [9.17, 15) is 0 Å². The molecule has 3 aromatic rings. The fraction of sp³-hybridized carbons (Fsp3) is 0.333. The summed E-state index contributed by atoms with van der Waals surface area (Å²) in [5.74, 6) is 0. The van der Waals surface area contributed by atoms with Crippen molar-refractivity contribution >= 4 is 36.4 Å². The summed E-state index contributed by atoms with van der Waals surface area (Å²) < 4.78 is 7.87. The molecular formula is C18H23ClN4OSi. The first kappa shape index (κ1) is 17.9. The first-order valence-electron chi connectivity index (χ1n) is 8.28. The van der Waals surface area contributed by atoms with Gasteiger partial charge in [0.05, 0.1) is 5.39 Å². The maximum atomic E-state index is 6.35. The fourth-order valence-electron chi connectivity index (χ4n) is 2.61. The highest BCUT2D eigenvalue weighted by atomic mass is 35.5. The zero-order valence-electron chi connectivity index (χ0n) is 14.8. The molecule has 0 saturated heterocycles. The van der Waals surface area contributed by atoms with E-state index in [1.165, 1.54) is 6.33 Å². The number of nitrogens with zero attached hydrogens (tertiary/aromatic N) is 3. The van der Waals surface area contributed by atoms with Crippen LogP contribution >= 0.6 is 11.6 Å². The van der Waals surface area contributed by atoms with Crippen LogP contribution in [-0.4, -0.2) is 29.2 Å². The number of anilines is 1. The molecule has 2 aromatic heterocycles. The highest BCUT2D eigenvalue weighted by Crippen LogP contribution is 2.33. The van der Waals surface area contributed by atoms with Crippen LogP contribution in [0.1, 0.15) is 0 Å². The number of aromatic nitrogens is 3. The largest absolute Gasteiger partial charge is 0.399 e. The Balaban J connectivity index is 1.92. The van der Waals surface area contributed by atoms with E-state index in [1.54, 1.807) is 0 Å². The Morgan fingerprint density at radius 1 is 1.16 bits per heavy atom. The molecule has 3 rings (SSSR count). The van der Waals surface area contributed by atoms with E-state index in [0.29, 0.717) is 11.9 Å². The van der Waals surface area contributed by atoms with Gasteiger partial charge in [-0.3, -0.25) is 0 Å². The molecular weight excluding hydrogens is 352 g/mol. The van der Waals surface area contributed by atoms with E-state index in [2.05, 4.69) is 29.6 Å². The predicted octanol–water partition coefficient (Wildman–Crippen LogP) is 4.65. The third-order valence-corrected chi connectivity index (χ3v) is 6.05. The van der Waals surface area contributed by atoms with Crippen LogP contribution in [0.2, 0.25) is 30.8 Å². The minimum atomic E-state index is -1.10. The van der Waals surface area contributed by atoms with Gasteiger partial charge in [-0.15, -0.1) is 0 Å². The number of halogens is 1. The van der Waals surface area contributed by atoms with Gasteiger partial charge in [-0.1, -0.05) is 43.4 Å². The number of hydrogen-bond acceptors (Lipinski definition) is 4. The number of nitrogens with two attached hydrogens (primary N) is 1. The summed E-state index contributed by atoms with van der Waals surface area (Å²) in [6.07, 6.45) is 3.50. The van der Waals surface area contributed by atoms with Gasteiger partial charge < -0.3 is 15.0 Å². The van der Waals surface area contributed by atoms with Crippen molar-refractivity contribution < 1.29 is 4.74 Å². The number of ether oxygens (including phenoxy) is 1. The van der Waals surface area contributed by atoms with Gasteiger partial charge in [-0.05, 0) is 23.7 Å². The molecule has 0 fully saturated rings. The average molecular weight is 375 g/mol. The zero-order chi connectivity index (χ0) is 18.0. The van der Waals surface area contributed by atoms with Crippen LogP contribution in [0.25, 0.3) is 22.2 Å². The third-order valence-electron chi connectivity index (χ3n) is 4.06. The van der Waals surface area contributed by atoms with Gasteiger partial charge in [-0.2, -0.15) is 0 Å². The lowest BCUT2D eigenvalue weighted by atomic mass is 10.1. The number of rotatable bonds is 6. The molecule has 0 aliphatic heterocycles. The van der Waals surface area contributed by atoms with Crippen molar-refractivity contribution in [3.05, 3.63) is 41.9 Å². The molecule has 132 valence electrons. The van der Waals surface area contributed by atoms with E-state index >= 15 is 0 Å². The van der Waals surface area contributed by atoms with Crippen LogP contribution in [0.4, 0.5) is 5.69 Å². The standard InChI is InChI=1S/C18H23ClN4OSi/c1-25(2,3)9-8-24-12-23-10-15(13-4-6-14(20)7-5-13)16-17(19)21-11-22-18(16)23/h4-7,10-11H,8-9,12,20H2,1-3H3. The van der Waals surface area contributed by atoms with Gasteiger partial charge in [0.1, 0.15) is 23.9 Å². The Hall–Kier alpha value is -1.89. The second kappa shape index (κ2) is 7.15. The molecule has 25 heavy (non-hydrogen) atoms. The Morgan fingerprint density at radius 2 is 1.88 bits per heavy atom. The molecule has 0 bridgehead atoms. The summed E-state index contributed by atoms with van der Waals surface area (Å²) in [6.45, 7) is 8.23. The van der Waals surface area contributed by atoms with Crippen molar-refractivity contribution in [1.29, 1.82) is 0 Å². The summed E-state index contributed by atoms with van der Waals surface area (Å²) in [7, 11) is -1.10. The third kappa shape index (κ3) is 4.20. The van der Waals surface area contributed by atoms with Gasteiger partial charge in [0.2, 0.25) is 0 Å². The lowest BCUT2D eigenvalue weighted by Crippen LogP contribution is -2.22. The number of nitrogen functional groups attached to an aromatic ring is 1. The zero-order valence-corrected chi connectivity index (χ0v) is 16.5. The predicted molar refractivity (Wildman–Crippen MR) is 106 cm³/mol. The van der Waals surface area contributed by atoms with Gasteiger partial charge >= 0.3 is 0 Å². The molecule has 7 heteroatoms. The molecule has 0 atom stereocenters. The molecule has 1 aromatic carbocycles. The first-order valence-corrected chi connectivity index (χ1v) is 12.4. The number of benzene rings is 1. The van der Waals surface area contributed by atoms with Gasteiger partial charge in [-0.25, -0.2) is 9.97 Å². The first-order chi connectivity index (χ1) is 11.8. The number of fused-ring (bicyclic) bond motifs is 1. The monoisotopic (exact) mass is 374 g/mol. The van der Waals surface area contributed by atoms with E-state index in [4.69, 9.17) is 22.1 Å². The van der Waals surface area contributed by atoms with Crippen molar-refractivity contribution in [2.24, 2.45) is 0 Å². The van der Waals surface area contributed by atoms with Crippen LogP contribution in [0.5, 0.6) is 0 Å². The minimum Gasteiger partial charge on any atom is -0.399 e. The minimum absolute atomic E-state index is 0.442. The van der Waals surface area contributed by atoms with Crippen LogP contribution in [0, 0.1) is 0 Å². The van der Waals surface area contributed by atoms with Gasteiger partial charge in [0.15, 0.2) is 0 Å². The molecule has 2 N–H and O–H groups in total. The normalized spacial score (nSPS) is 12.0. The lowest BCUT2D eigenvalue weighted by molar-refractivity contribution is 0.0899. The molecule has 0 saturated carbocycles. The van der Waals surface area contributed by atoms with Gasteiger partial charge in [0.25, 0.3) is 0 Å². The summed E-state index contributed by atoms with van der Waals surface area (Å²) in [5.41, 5.74) is 9.31. The smallest absolute Gasteiger partial charge is 0.147 e. The van der Waals surface area contributed by atoms with Crippen LogP contribution in [0.3, 0.4) is 0 Å². The summed E-state index contributed by atoms with van der Waals surface area (Å²) in [6, 6.07) is 8.84. The summed E-state index contributed by atoms with van der Waals surface area (Å²) in [5, 5.41) is 1.28. The molecule has 5 nitrogen and oxygen atoms in total. The molecule has 0 aliphatic rings. The maximum Gasteiger partial charge on any atom is 0.147 e. The van der Waals surface area contributed by atoms with Crippen molar-refractivity contribution in [2.45, 2.75) is 32.4 Å². The van der Waals surface area contributed by atoms with E-state index in [0.717, 1.165) is 40.5 Å². The molecule has 2 heterocycles. The highest BCUT2D eigenvalue weighted by Gasteiger charge is 2.16. The molecule has 0 unspecified atom stereocenters. The quantitative estimate of drug-likeness (QED) is 0.295. The van der Waals surface area contributed by atoms with E-state index in [1.807, 2.05) is 35.0 Å². The van der Waals surface area contributed by atoms with Crippen molar-refractivity contribution in [2.75, 3.05) is 12.3 Å². The Morgan fingerprint density at radius 3 is 2.56 bits per heavy atom. The highest BCUT2D eigenvalue weighted by molar-refractivity contribution is 6.76. The summed E-state index contributed by atoms with van der Waals surface area (Å²) in [4.78, 5) is 8.54. The second-order valence-electron chi connectivity index (χ2n) is 7.35. The lowest BCUT2D eigenvalue weighted by Gasteiger charge is -2.15. The average Bonchev–Trinajstić information content (AvgIpc) is 2.92. The van der Waals surface area contributed by atoms with Crippen molar-refractivity contribution in [3.63, 3.8) is 0 Å². The Labute approximate surface area is 153 Å². The van der Waals surface area contributed by atoms with E-state index < -0.39 is 8.07 Å². The van der Waals surface area contributed by atoms with Crippen LogP contribution in [0.15, 0.2) is 36.8 Å². The fourth-order valence-corrected chi connectivity index (χ4v) is 3.59. The number of hydrogen-bond donors (Lipinski definition) is 1. The van der Waals surface area contributed by atoms with Crippen LogP contribution < -0.4 is 5.73 Å². The molecule has 0 aliphatic carbocycles. The van der Waals surface area contributed by atoms with Gasteiger partial charge in [0, 0.05) is 32.1 Å². The van der Waals surface area contributed by atoms with Crippen LogP contribution in [-0.2, 0) is 11.5 Å². The molecule has 0 radical (unpaired) electrons. The van der Waals surface area contributed by atoms with Crippen molar-refractivity contribution in [1.82, 2.24) is 14.5 Å². The molecule has 0 spiro atoms. The maximum absolute atomic E-state index is 6.35.